The topological polar surface area (TPSA) is 44.7 Å². The maximum absolute atomic E-state index is 8.72. The average Bonchev–Trinajstić information content (AvgIpc) is 2.61. The fraction of sp³-hybridized carbons (Fsp3) is 0.455. The second kappa shape index (κ2) is 4.08. The molecule has 1 aromatic carbocycles. The van der Waals surface area contributed by atoms with E-state index < -0.39 is 0 Å². The molecule has 0 spiro atoms. The standard InChI is InChI=1S/C11H16N2O2/c1-13-6-5-9-10(13)4-3-8(7-12-14)11(9)15-2/h3-4,12,14H,5-7H2,1-2H3. The van der Waals surface area contributed by atoms with Crippen LogP contribution in [0.15, 0.2) is 12.1 Å². The molecule has 0 amide bonds. The molecule has 0 unspecified atom stereocenters. The summed E-state index contributed by atoms with van der Waals surface area (Å²) in [7, 11) is 3.75. The Labute approximate surface area is 89.4 Å². The molecular formula is C11H16N2O2. The van der Waals surface area contributed by atoms with E-state index in [2.05, 4.69) is 23.5 Å². The Morgan fingerprint density at radius 1 is 1.53 bits per heavy atom. The van der Waals surface area contributed by atoms with E-state index in [-0.39, 0.29) is 0 Å². The normalized spacial score (nSPS) is 14.2. The minimum absolute atomic E-state index is 0.417. The first-order valence-electron chi connectivity index (χ1n) is 5.04. The number of nitrogens with zero attached hydrogens (tertiary/aromatic N) is 1. The second-order valence-electron chi connectivity index (χ2n) is 3.76. The van der Waals surface area contributed by atoms with Crippen molar-refractivity contribution in [1.82, 2.24) is 5.48 Å². The van der Waals surface area contributed by atoms with Crippen LogP contribution in [0, 0.1) is 0 Å². The fourth-order valence-electron chi connectivity index (χ4n) is 2.14. The quantitative estimate of drug-likeness (QED) is 0.732. The largest absolute Gasteiger partial charge is 0.496 e. The van der Waals surface area contributed by atoms with Gasteiger partial charge in [-0.1, -0.05) is 6.07 Å². The van der Waals surface area contributed by atoms with Crippen LogP contribution in [0.1, 0.15) is 11.1 Å². The number of hydrogen-bond donors (Lipinski definition) is 2. The molecule has 0 fully saturated rings. The molecule has 1 aromatic rings. The molecule has 0 bridgehead atoms. The van der Waals surface area contributed by atoms with E-state index in [4.69, 9.17) is 9.94 Å². The van der Waals surface area contributed by atoms with Gasteiger partial charge in [-0.25, -0.2) is 5.48 Å². The van der Waals surface area contributed by atoms with Crippen LogP contribution in [-0.4, -0.2) is 25.9 Å². The number of hydrogen-bond acceptors (Lipinski definition) is 4. The van der Waals surface area contributed by atoms with Crippen LogP contribution in [0.3, 0.4) is 0 Å². The van der Waals surface area contributed by atoms with Gasteiger partial charge in [-0.3, -0.25) is 0 Å². The lowest BCUT2D eigenvalue weighted by Gasteiger charge is -2.15. The zero-order valence-corrected chi connectivity index (χ0v) is 9.08. The van der Waals surface area contributed by atoms with Crippen molar-refractivity contribution >= 4 is 5.69 Å². The van der Waals surface area contributed by atoms with Crippen LogP contribution in [0.5, 0.6) is 5.75 Å². The summed E-state index contributed by atoms with van der Waals surface area (Å²) in [6.45, 7) is 1.45. The van der Waals surface area contributed by atoms with Gasteiger partial charge in [-0.05, 0) is 12.5 Å². The zero-order chi connectivity index (χ0) is 10.8. The minimum atomic E-state index is 0.417. The monoisotopic (exact) mass is 208 g/mol. The summed E-state index contributed by atoms with van der Waals surface area (Å²) in [5.74, 6) is 0.901. The smallest absolute Gasteiger partial charge is 0.128 e. The van der Waals surface area contributed by atoms with Crippen molar-refractivity contribution in [2.75, 3.05) is 25.6 Å². The van der Waals surface area contributed by atoms with Gasteiger partial charge in [0.25, 0.3) is 0 Å². The van der Waals surface area contributed by atoms with Gasteiger partial charge in [0.1, 0.15) is 5.75 Å². The molecule has 1 aliphatic heterocycles. The Morgan fingerprint density at radius 3 is 3.00 bits per heavy atom. The predicted octanol–water partition coefficient (Wildman–Crippen LogP) is 1.17. The summed E-state index contributed by atoms with van der Waals surface area (Å²) >= 11 is 0. The lowest BCUT2D eigenvalue weighted by Crippen LogP contribution is -2.12. The Balaban J connectivity index is 2.45. The summed E-state index contributed by atoms with van der Waals surface area (Å²) in [5, 5.41) is 8.72. The molecular weight excluding hydrogens is 192 g/mol. The first-order valence-corrected chi connectivity index (χ1v) is 5.04. The number of nitrogens with one attached hydrogen (secondary N) is 1. The zero-order valence-electron chi connectivity index (χ0n) is 9.08. The van der Waals surface area contributed by atoms with Crippen LogP contribution >= 0.6 is 0 Å². The highest BCUT2D eigenvalue weighted by molar-refractivity contribution is 5.65. The van der Waals surface area contributed by atoms with E-state index in [0.717, 1.165) is 24.3 Å². The Bertz CT molecular complexity index is 366. The first-order chi connectivity index (χ1) is 7.27. The fourth-order valence-corrected chi connectivity index (χ4v) is 2.14. The maximum Gasteiger partial charge on any atom is 0.128 e. The summed E-state index contributed by atoms with van der Waals surface area (Å²) in [6.07, 6.45) is 1.01. The average molecular weight is 208 g/mol. The summed E-state index contributed by atoms with van der Waals surface area (Å²) in [6, 6.07) is 4.07. The number of benzene rings is 1. The van der Waals surface area contributed by atoms with E-state index in [1.165, 1.54) is 11.3 Å². The van der Waals surface area contributed by atoms with Crippen molar-refractivity contribution in [1.29, 1.82) is 0 Å². The van der Waals surface area contributed by atoms with Crippen LogP contribution in [0.2, 0.25) is 0 Å². The van der Waals surface area contributed by atoms with Gasteiger partial charge in [0.15, 0.2) is 0 Å². The summed E-state index contributed by atoms with van der Waals surface area (Å²) in [5.41, 5.74) is 5.64. The third-order valence-electron chi connectivity index (χ3n) is 2.90. The molecule has 4 nitrogen and oxygen atoms in total. The van der Waals surface area contributed by atoms with Crippen LogP contribution in [0.4, 0.5) is 5.69 Å². The molecule has 2 N–H and O–H groups in total. The maximum atomic E-state index is 8.72. The van der Waals surface area contributed by atoms with E-state index in [1.807, 2.05) is 6.07 Å². The number of fused-ring (bicyclic) bond motifs is 1. The SMILES string of the molecule is COc1c(CNO)ccc2c1CCN2C. The third kappa shape index (κ3) is 1.66. The number of hydroxylamine groups is 1. The Morgan fingerprint density at radius 2 is 2.33 bits per heavy atom. The molecule has 0 aromatic heterocycles. The van der Waals surface area contributed by atoms with Crippen molar-refractivity contribution in [3.8, 4) is 5.75 Å². The van der Waals surface area contributed by atoms with Crippen molar-refractivity contribution < 1.29 is 9.94 Å². The van der Waals surface area contributed by atoms with Gasteiger partial charge in [0.2, 0.25) is 0 Å². The Kier molecular flexibility index (Phi) is 2.79. The third-order valence-corrected chi connectivity index (χ3v) is 2.90. The molecule has 0 aliphatic carbocycles. The first kappa shape index (κ1) is 10.3. The van der Waals surface area contributed by atoms with Gasteiger partial charge >= 0.3 is 0 Å². The van der Waals surface area contributed by atoms with E-state index in [1.54, 1.807) is 7.11 Å². The van der Waals surface area contributed by atoms with Crippen molar-refractivity contribution in [3.63, 3.8) is 0 Å². The lowest BCUT2D eigenvalue weighted by molar-refractivity contribution is 0.160. The molecule has 1 heterocycles. The Hall–Kier alpha value is -1.26. The van der Waals surface area contributed by atoms with E-state index in [9.17, 15) is 0 Å². The number of likely N-dealkylation sites (N-methyl/N-ethyl adjacent to an activating group) is 1. The van der Waals surface area contributed by atoms with Crippen molar-refractivity contribution in [2.45, 2.75) is 13.0 Å². The molecule has 0 saturated carbocycles. The number of ether oxygens (including phenoxy) is 1. The number of anilines is 1. The number of rotatable bonds is 3. The van der Waals surface area contributed by atoms with Crippen LogP contribution < -0.4 is 15.1 Å². The molecule has 4 heteroatoms. The van der Waals surface area contributed by atoms with Crippen LogP contribution in [-0.2, 0) is 13.0 Å². The molecule has 0 radical (unpaired) electrons. The van der Waals surface area contributed by atoms with Gasteiger partial charge < -0.3 is 14.8 Å². The van der Waals surface area contributed by atoms with Crippen molar-refractivity contribution in [3.05, 3.63) is 23.3 Å². The summed E-state index contributed by atoms with van der Waals surface area (Å²) in [4.78, 5) is 2.22. The van der Waals surface area contributed by atoms with Gasteiger partial charge in [-0.2, -0.15) is 0 Å². The number of methoxy groups -OCH3 is 1. The van der Waals surface area contributed by atoms with Gasteiger partial charge in [0, 0.05) is 37.0 Å². The molecule has 15 heavy (non-hydrogen) atoms. The highest BCUT2D eigenvalue weighted by Crippen LogP contribution is 2.36. The molecule has 82 valence electrons. The van der Waals surface area contributed by atoms with Gasteiger partial charge in [-0.15, -0.1) is 0 Å². The summed E-state index contributed by atoms with van der Waals surface area (Å²) < 4.78 is 5.41. The minimum Gasteiger partial charge on any atom is -0.496 e. The van der Waals surface area contributed by atoms with E-state index >= 15 is 0 Å². The lowest BCUT2D eigenvalue weighted by atomic mass is 10.1. The molecule has 1 aliphatic rings. The van der Waals surface area contributed by atoms with Crippen LogP contribution in [0.25, 0.3) is 0 Å². The highest BCUT2D eigenvalue weighted by atomic mass is 16.5. The second-order valence-corrected chi connectivity index (χ2v) is 3.76. The van der Waals surface area contributed by atoms with Crippen molar-refractivity contribution in [2.24, 2.45) is 0 Å². The van der Waals surface area contributed by atoms with E-state index in [0.29, 0.717) is 6.54 Å². The highest BCUT2D eigenvalue weighted by Gasteiger charge is 2.21. The molecule has 0 atom stereocenters. The predicted molar refractivity (Wildman–Crippen MR) is 58.6 cm³/mol. The molecule has 0 saturated heterocycles. The molecule has 2 rings (SSSR count). The van der Waals surface area contributed by atoms with Gasteiger partial charge in [0.05, 0.1) is 7.11 Å².